The molecule has 0 aliphatic carbocycles. The molecule has 5 heteroatoms. The standard InChI is InChI=1S/C10H19NO4/c1-4-8(3)11(5-2)9(12)6-15-7-10(13)14/h8H,4-7H2,1-3H3,(H,13,14). The van der Waals surface area contributed by atoms with E-state index in [-0.39, 0.29) is 18.6 Å². The molecule has 0 aliphatic heterocycles. The Hall–Kier alpha value is -1.10. The molecular formula is C10H19NO4. The summed E-state index contributed by atoms with van der Waals surface area (Å²) in [6.45, 7) is 5.87. The van der Waals surface area contributed by atoms with Crippen molar-refractivity contribution in [3.8, 4) is 0 Å². The zero-order valence-corrected chi connectivity index (χ0v) is 9.52. The number of ether oxygens (including phenoxy) is 1. The number of nitrogens with zero attached hydrogens (tertiary/aromatic N) is 1. The Balaban J connectivity index is 3.99. The van der Waals surface area contributed by atoms with Crippen LogP contribution in [0.15, 0.2) is 0 Å². The maximum absolute atomic E-state index is 11.6. The smallest absolute Gasteiger partial charge is 0.329 e. The molecule has 1 atom stereocenters. The first-order chi connectivity index (χ1) is 7.02. The molecule has 0 aliphatic rings. The molecule has 0 spiro atoms. The summed E-state index contributed by atoms with van der Waals surface area (Å²) in [4.78, 5) is 23.4. The topological polar surface area (TPSA) is 66.8 Å². The van der Waals surface area contributed by atoms with Crippen molar-refractivity contribution in [3.05, 3.63) is 0 Å². The normalized spacial score (nSPS) is 12.2. The second-order valence-corrected chi connectivity index (χ2v) is 3.32. The van der Waals surface area contributed by atoms with Crippen LogP contribution >= 0.6 is 0 Å². The summed E-state index contributed by atoms with van der Waals surface area (Å²) in [7, 11) is 0. The Morgan fingerprint density at radius 1 is 1.33 bits per heavy atom. The van der Waals surface area contributed by atoms with Crippen molar-refractivity contribution in [1.29, 1.82) is 0 Å². The Bertz CT molecular complexity index is 217. The van der Waals surface area contributed by atoms with E-state index in [1.165, 1.54) is 0 Å². The van der Waals surface area contributed by atoms with Gasteiger partial charge in [-0.2, -0.15) is 0 Å². The first-order valence-corrected chi connectivity index (χ1v) is 5.11. The summed E-state index contributed by atoms with van der Waals surface area (Å²) < 4.78 is 4.74. The molecule has 0 bridgehead atoms. The average molecular weight is 217 g/mol. The van der Waals surface area contributed by atoms with Gasteiger partial charge in [-0.1, -0.05) is 6.92 Å². The zero-order chi connectivity index (χ0) is 11.8. The number of likely N-dealkylation sites (N-methyl/N-ethyl adjacent to an activating group) is 1. The molecule has 5 nitrogen and oxygen atoms in total. The number of hydrogen-bond acceptors (Lipinski definition) is 3. The third kappa shape index (κ3) is 5.37. The maximum atomic E-state index is 11.6. The van der Waals surface area contributed by atoms with Crippen molar-refractivity contribution >= 4 is 11.9 Å². The van der Waals surface area contributed by atoms with E-state index in [2.05, 4.69) is 0 Å². The second kappa shape index (κ2) is 7.23. The minimum atomic E-state index is -1.06. The van der Waals surface area contributed by atoms with Gasteiger partial charge in [-0.15, -0.1) is 0 Å². The lowest BCUT2D eigenvalue weighted by atomic mass is 10.2. The molecule has 0 fully saturated rings. The number of carbonyl (C=O) groups is 2. The quantitative estimate of drug-likeness (QED) is 0.682. The number of carbonyl (C=O) groups excluding carboxylic acids is 1. The Kier molecular flexibility index (Phi) is 6.70. The number of carboxylic acids is 1. The summed E-state index contributed by atoms with van der Waals surface area (Å²) in [5.74, 6) is -1.22. The molecule has 0 rings (SSSR count). The largest absolute Gasteiger partial charge is 0.480 e. The Morgan fingerprint density at radius 3 is 2.33 bits per heavy atom. The van der Waals surface area contributed by atoms with E-state index in [1.54, 1.807) is 4.90 Å². The van der Waals surface area contributed by atoms with Crippen molar-refractivity contribution in [3.63, 3.8) is 0 Å². The lowest BCUT2D eigenvalue weighted by Crippen LogP contribution is -2.40. The third-order valence-electron chi connectivity index (χ3n) is 2.23. The fourth-order valence-corrected chi connectivity index (χ4v) is 1.26. The van der Waals surface area contributed by atoms with Gasteiger partial charge in [0.05, 0.1) is 0 Å². The van der Waals surface area contributed by atoms with Crippen LogP contribution in [0.25, 0.3) is 0 Å². The number of hydrogen-bond donors (Lipinski definition) is 1. The predicted molar refractivity (Wildman–Crippen MR) is 55.6 cm³/mol. The Labute approximate surface area is 90.0 Å². The number of rotatable bonds is 7. The minimum absolute atomic E-state index is 0.159. The molecule has 0 aromatic heterocycles. The summed E-state index contributed by atoms with van der Waals surface area (Å²) >= 11 is 0. The molecule has 88 valence electrons. The van der Waals surface area contributed by atoms with Gasteiger partial charge >= 0.3 is 5.97 Å². The molecule has 1 amide bonds. The van der Waals surface area contributed by atoms with Crippen molar-refractivity contribution in [1.82, 2.24) is 4.90 Å². The number of amides is 1. The second-order valence-electron chi connectivity index (χ2n) is 3.32. The van der Waals surface area contributed by atoms with Crippen LogP contribution < -0.4 is 0 Å². The fraction of sp³-hybridized carbons (Fsp3) is 0.800. The highest BCUT2D eigenvalue weighted by Gasteiger charge is 2.16. The van der Waals surface area contributed by atoms with E-state index in [0.29, 0.717) is 6.54 Å². The molecule has 1 N–H and O–H groups in total. The van der Waals surface area contributed by atoms with Gasteiger partial charge in [0.15, 0.2) is 0 Å². The van der Waals surface area contributed by atoms with Crippen LogP contribution in [0, 0.1) is 0 Å². The zero-order valence-electron chi connectivity index (χ0n) is 9.52. The monoisotopic (exact) mass is 217 g/mol. The lowest BCUT2D eigenvalue weighted by molar-refractivity contribution is -0.146. The number of aliphatic carboxylic acids is 1. The van der Waals surface area contributed by atoms with Gasteiger partial charge in [-0.25, -0.2) is 4.79 Å². The summed E-state index contributed by atoms with van der Waals surface area (Å²) in [5.41, 5.74) is 0. The van der Waals surface area contributed by atoms with Crippen LogP contribution in [0.2, 0.25) is 0 Å². The molecule has 0 aromatic rings. The van der Waals surface area contributed by atoms with Gasteiger partial charge < -0.3 is 14.7 Å². The first-order valence-electron chi connectivity index (χ1n) is 5.11. The number of carboxylic acid groups (broad SMARTS) is 1. The minimum Gasteiger partial charge on any atom is -0.480 e. The van der Waals surface area contributed by atoms with Gasteiger partial charge in [0.1, 0.15) is 13.2 Å². The highest BCUT2D eigenvalue weighted by molar-refractivity contribution is 5.78. The van der Waals surface area contributed by atoms with Crippen LogP contribution in [0.5, 0.6) is 0 Å². The van der Waals surface area contributed by atoms with Crippen molar-refractivity contribution in [2.75, 3.05) is 19.8 Å². The third-order valence-corrected chi connectivity index (χ3v) is 2.23. The summed E-state index contributed by atoms with van der Waals surface area (Å²) in [5, 5.41) is 8.33. The molecule has 0 heterocycles. The molecule has 0 radical (unpaired) electrons. The van der Waals surface area contributed by atoms with Crippen molar-refractivity contribution < 1.29 is 19.4 Å². The van der Waals surface area contributed by atoms with Crippen LogP contribution in [0.1, 0.15) is 27.2 Å². The van der Waals surface area contributed by atoms with Gasteiger partial charge in [0.25, 0.3) is 0 Å². The summed E-state index contributed by atoms with van der Waals surface area (Å²) in [6, 6.07) is 0.163. The lowest BCUT2D eigenvalue weighted by Gasteiger charge is -2.26. The fourth-order valence-electron chi connectivity index (χ4n) is 1.26. The van der Waals surface area contributed by atoms with Crippen molar-refractivity contribution in [2.45, 2.75) is 33.2 Å². The van der Waals surface area contributed by atoms with E-state index in [9.17, 15) is 9.59 Å². The predicted octanol–water partition coefficient (Wildman–Crippen LogP) is 0.735. The van der Waals surface area contributed by atoms with Crippen LogP contribution in [-0.2, 0) is 14.3 Å². The molecular weight excluding hydrogens is 198 g/mol. The average Bonchev–Trinajstić information content (AvgIpc) is 2.18. The van der Waals surface area contributed by atoms with Gasteiger partial charge in [-0.3, -0.25) is 4.79 Å². The molecule has 1 unspecified atom stereocenters. The Morgan fingerprint density at radius 2 is 1.93 bits per heavy atom. The van der Waals surface area contributed by atoms with Crippen LogP contribution in [0.4, 0.5) is 0 Å². The highest BCUT2D eigenvalue weighted by Crippen LogP contribution is 2.03. The van der Waals surface area contributed by atoms with Gasteiger partial charge in [0, 0.05) is 12.6 Å². The molecule has 15 heavy (non-hydrogen) atoms. The van der Waals surface area contributed by atoms with E-state index < -0.39 is 12.6 Å². The van der Waals surface area contributed by atoms with E-state index in [0.717, 1.165) is 6.42 Å². The highest BCUT2D eigenvalue weighted by atomic mass is 16.5. The molecule has 0 saturated heterocycles. The van der Waals surface area contributed by atoms with Crippen LogP contribution in [0.3, 0.4) is 0 Å². The van der Waals surface area contributed by atoms with E-state index in [4.69, 9.17) is 9.84 Å². The van der Waals surface area contributed by atoms with Crippen molar-refractivity contribution in [2.24, 2.45) is 0 Å². The van der Waals surface area contributed by atoms with Gasteiger partial charge in [0.2, 0.25) is 5.91 Å². The van der Waals surface area contributed by atoms with Crippen LogP contribution in [-0.4, -0.2) is 47.7 Å². The molecule has 0 saturated carbocycles. The van der Waals surface area contributed by atoms with E-state index >= 15 is 0 Å². The maximum Gasteiger partial charge on any atom is 0.329 e. The first kappa shape index (κ1) is 13.9. The van der Waals surface area contributed by atoms with Gasteiger partial charge in [-0.05, 0) is 20.3 Å². The molecule has 0 aromatic carbocycles. The SMILES string of the molecule is CCC(C)N(CC)C(=O)COCC(=O)O. The van der Waals surface area contributed by atoms with E-state index in [1.807, 2.05) is 20.8 Å². The summed E-state index contributed by atoms with van der Waals surface area (Å²) in [6.07, 6.45) is 0.874.